The first-order chi connectivity index (χ1) is 6.53. The molecule has 0 atom stereocenters. The maximum Gasteiger partial charge on any atom is 0.00682 e. The number of rotatable bonds is 7. The Bertz CT molecular complexity index is 189. The van der Waals surface area contributed by atoms with Crippen molar-refractivity contribution < 1.29 is 0 Å². The summed E-state index contributed by atoms with van der Waals surface area (Å²) in [6.07, 6.45) is 6.35. The highest BCUT2D eigenvalue weighted by Gasteiger charge is 2.22. The molecule has 1 aliphatic carbocycles. The van der Waals surface area contributed by atoms with E-state index in [0.29, 0.717) is 5.41 Å². The van der Waals surface area contributed by atoms with E-state index >= 15 is 0 Å². The summed E-state index contributed by atoms with van der Waals surface area (Å²) < 4.78 is 0. The van der Waals surface area contributed by atoms with E-state index in [9.17, 15) is 0 Å². The Hall–Kier alpha value is -0.300. The van der Waals surface area contributed by atoms with E-state index in [0.717, 1.165) is 12.5 Å². The third kappa shape index (κ3) is 4.80. The zero-order valence-electron chi connectivity index (χ0n) is 10.0. The molecule has 0 radical (unpaired) electrons. The van der Waals surface area contributed by atoms with Crippen LogP contribution in [0.3, 0.4) is 0 Å². The van der Waals surface area contributed by atoms with Gasteiger partial charge < -0.3 is 5.32 Å². The van der Waals surface area contributed by atoms with Crippen molar-refractivity contribution in [1.82, 2.24) is 5.32 Å². The Kier molecular flexibility index (Phi) is 4.18. The molecule has 82 valence electrons. The molecule has 1 nitrogen and oxygen atoms in total. The van der Waals surface area contributed by atoms with Gasteiger partial charge in [0.15, 0.2) is 0 Å². The van der Waals surface area contributed by atoms with Crippen molar-refractivity contribution in [2.24, 2.45) is 5.41 Å². The Morgan fingerprint density at radius 2 is 2.07 bits per heavy atom. The van der Waals surface area contributed by atoms with Crippen LogP contribution >= 0.6 is 0 Å². The fraction of sp³-hybridized carbons (Fsp3) is 0.846. The minimum Gasteiger partial charge on any atom is -0.314 e. The minimum atomic E-state index is 0.426. The highest BCUT2D eigenvalue weighted by Crippen LogP contribution is 2.29. The first kappa shape index (κ1) is 11.8. The molecule has 0 saturated heterocycles. The van der Waals surface area contributed by atoms with E-state index < -0.39 is 0 Å². The second-order valence-electron chi connectivity index (χ2n) is 5.42. The fourth-order valence-electron chi connectivity index (χ4n) is 1.79. The van der Waals surface area contributed by atoms with E-state index in [1.165, 1.54) is 37.8 Å². The molecule has 0 spiro atoms. The summed E-state index contributed by atoms with van der Waals surface area (Å²) in [7, 11) is 0. The first-order valence-corrected chi connectivity index (χ1v) is 5.93. The summed E-state index contributed by atoms with van der Waals surface area (Å²) in [5.41, 5.74) is 1.82. The molecule has 0 heterocycles. The van der Waals surface area contributed by atoms with Gasteiger partial charge >= 0.3 is 0 Å². The van der Waals surface area contributed by atoms with Crippen molar-refractivity contribution in [3.05, 3.63) is 12.2 Å². The molecule has 0 aliphatic heterocycles. The van der Waals surface area contributed by atoms with Crippen molar-refractivity contribution in [1.29, 1.82) is 0 Å². The smallest absolute Gasteiger partial charge is 0.00682 e. The van der Waals surface area contributed by atoms with Crippen LogP contribution in [0, 0.1) is 5.41 Å². The zero-order chi connectivity index (χ0) is 10.6. The Balaban J connectivity index is 2.14. The third-order valence-electron chi connectivity index (χ3n) is 3.04. The molecule has 1 fully saturated rings. The molecule has 1 heteroatoms. The standard InChI is InChI=1S/C13H25N/c1-5-11(2)10-13(3,4)8-9-14-12-6-7-12/h12,14H,2,5-10H2,1,3-4H3. The minimum absolute atomic E-state index is 0.426. The van der Waals surface area contributed by atoms with Crippen LogP contribution in [0.5, 0.6) is 0 Å². The number of nitrogens with one attached hydrogen (secondary N) is 1. The van der Waals surface area contributed by atoms with Crippen LogP contribution in [0.4, 0.5) is 0 Å². The van der Waals surface area contributed by atoms with Gasteiger partial charge in [-0.15, -0.1) is 0 Å². The molecule has 0 aromatic rings. The summed E-state index contributed by atoms with van der Waals surface area (Å²) in [5.74, 6) is 0. The Labute approximate surface area is 89.0 Å². The number of hydrogen-bond acceptors (Lipinski definition) is 1. The lowest BCUT2D eigenvalue weighted by Gasteiger charge is -2.25. The fourth-order valence-corrected chi connectivity index (χ4v) is 1.79. The molecule has 0 aromatic carbocycles. The Morgan fingerprint density at radius 3 is 2.57 bits per heavy atom. The highest BCUT2D eigenvalue weighted by molar-refractivity contribution is 4.97. The van der Waals surface area contributed by atoms with Gasteiger partial charge in [-0.2, -0.15) is 0 Å². The van der Waals surface area contributed by atoms with Gasteiger partial charge in [0.25, 0.3) is 0 Å². The van der Waals surface area contributed by atoms with Crippen molar-refractivity contribution >= 4 is 0 Å². The van der Waals surface area contributed by atoms with Crippen molar-refractivity contribution in [3.8, 4) is 0 Å². The van der Waals surface area contributed by atoms with Gasteiger partial charge in [0.1, 0.15) is 0 Å². The molecule has 1 saturated carbocycles. The summed E-state index contributed by atoms with van der Waals surface area (Å²) >= 11 is 0. The van der Waals surface area contributed by atoms with Crippen LogP contribution in [0.15, 0.2) is 12.2 Å². The van der Waals surface area contributed by atoms with Crippen LogP contribution < -0.4 is 5.32 Å². The zero-order valence-corrected chi connectivity index (χ0v) is 10.0. The van der Waals surface area contributed by atoms with E-state index in [-0.39, 0.29) is 0 Å². The second kappa shape index (κ2) is 4.97. The summed E-state index contributed by atoms with van der Waals surface area (Å²) in [6, 6.07) is 0.847. The van der Waals surface area contributed by atoms with E-state index in [1.807, 2.05) is 0 Å². The predicted molar refractivity (Wildman–Crippen MR) is 63.5 cm³/mol. The van der Waals surface area contributed by atoms with Crippen molar-refractivity contribution in [2.75, 3.05) is 6.54 Å². The Morgan fingerprint density at radius 1 is 1.43 bits per heavy atom. The lowest BCUT2D eigenvalue weighted by atomic mass is 9.82. The van der Waals surface area contributed by atoms with E-state index in [4.69, 9.17) is 0 Å². The largest absolute Gasteiger partial charge is 0.314 e. The van der Waals surface area contributed by atoms with Crippen molar-refractivity contribution in [3.63, 3.8) is 0 Å². The average Bonchev–Trinajstić information content (AvgIpc) is 2.87. The van der Waals surface area contributed by atoms with Crippen LogP contribution in [0.2, 0.25) is 0 Å². The van der Waals surface area contributed by atoms with Crippen molar-refractivity contribution in [2.45, 2.75) is 58.9 Å². The van der Waals surface area contributed by atoms with Gasteiger partial charge in [0.2, 0.25) is 0 Å². The van der Waals surface area contributed by atoms with Crippen LogP contribution in [-0.4, -0.2) is 12.6 Å². The first-order valence-electron chi connectivity index (χ1n) is 5.93. The summed E-state index contributed by atoms with van der Waals surface area (Å²) in [6.45, 7) is 12.2. The lowest BCUT2D eigenvalue weighted by Crippen LogP contribution is -2.24. The molecular weight excluding hydrogens is 170 g/mol. The van der Waals surface area contributed by atoms with Gasteiger partial charge in [0.05, 0.1) is 0 Å². The normalized spacial score (nSPS) is 17.1. The van der Waals surface area contributed by atoms with Crippen LogP contribution in [0.1, 0.15) is 52.9 Å². The lowest BCUT2D eigenvalue weighted by molar-refractivity contribution is 0.322. The van der Waals surface area contributed by atoms with Crippen LogP contribution in [-0.2, 0) is 0 Å². The molecule has 14 heavy (non-hydrogen) atoms. The van der Waals surface area contributed by atoms with Gasteiger partial charge in [-0.05, 0) is 44.1 Å². The maximum atomic E-state index is 4.09. The maximum absolute atomic E-state index is 4.09. The average molecular weight is 195 g/mol. The van der Waals surface area contributed by atoms with E-state index in [2.05, 4.69) is 32.7 Å². The van der Waals surface area contributed by atoms with Gasteiger partial charge in [-0.3, -0.25) is 0 Å². The van der Waals surface area contributed by atoms with Gasteiger partial charge in [-0.25, -0.2) is 0 Å². The SMILES string of the molecule is C=C(CC)CC(C)(C)CCNC1CC1. The number of hydrogen-bond donors (Lipinski definition) is 1. The molecular formula is C13H25N. The molecule has 1 rings (SSSR count). The number of allylic oxidation sites excluding steroid dienone is 1. The summed E-state index contributed by atoms with van der Waals surface area (Å²) in [5, 5.41) is 3.57. The van der Waals surface area contributed by atoms with Gasteiger partial charge in [0, 0.05) is 6.04 Å². The molecule has 0 amide bonds. The third-order valence-corrected chi connectivity index (χ3v) is 3.04. The van der Waals surface area contributed by atoms with E-state index in [1.54, 1.807) is 0 Å². The predicted octanol–water partition coefficient (Wildman–Crippen LogP) is 3.51. The molecule has 0 bridgehead atoms. The monoisotopic (exact) mass is 195 g/mol. The van der Waals surface area contributed by atoms with Crippen LogP contribution in [0.25, 0.3) is 0 Å². The molecule has 1 aliphatic rings. The molecule has 1 N–H and O–H groups in total. The second-order valence-corrected chi connectivity index (χ2v) is 5.42. The summed E-state index contributed by atoms with van der Waals surface area (Å²) in [4.78, 5) is 0. The quantitative estimate of drug-likeness (QED) is 0.613. The topological polar surface area (TPSA) is 12.0 Å². The van der Waals surface area contributed by atoms with Gasteiger partial charge in [-0.1, -0.05) is 32.9 Å². The molecule has 0 unspecified atom stereocenters. The highest BCUT2D eigenvalue weighted by atomic mass is 14.9. The molecule has 0 aromatic heterocycles.